The lowest BCUT2D eigenvalue weighted by Gasteiger charge is -2.09. The molecule has 0 spiro atoms. The minimum atomic E-state index is -2.90. The Morgan fingerprint density at radius 2 is 2.24 bits per heavy atom. The van der Waals surface area contributed by atoms with E-state index in [2.05, 4.69) is 25.7 Å². The van der Waals surface area contributed by atoms with Gasteiger partial charge in [-0.25, -0.2) is 18.6 Å². The third-order valence-corrected chi connectivity index (χ3v) is 2.54. The number of hydrogen-bond acceptors (Lipinski definition) is 3. The second kappa shape index (κ2) is 6.00. The zero-order valence-corrected chi connectivity index (χ0v) is 10.4. The molecule has 0 saturated carbocycles. The predicted octanol–water partition coefficient (Wildman–Crippen LogP) is 3.23. The van der Waals surface area contributed by atoms with Gasteiger partial charge in [0.25, 0.3) is 6.43 Å². The van der Waals surface area contributed by atoms with Crippen molar-refractivity contribution in [2.24, 2.45) is 0 Å². The molecule has 0 radical (unpaired) electrons. The average molecular weight is 312 g/mol. The topological polar surface area (TPSA) is 39.2 Å². The minimum absolute atomic E-state index is 0.0480. The third kappa shape index (κ3) is 3.18. The number of carbonyl (C=O) groups is 1. The van der Waals surface area contributed by atoms with Crippen molar-refractivity contribution in [3.63, 3.8) is 0 Å². The maximum atomic E-state index is 13.3. The highest BCUT2D eigenvalue weighted by Crippen LogP contribution is 2.25. The van der Waals surface area contributed by atoms with Gasteiger partial charge in [0.15, 0.2) is 0 Å². The van der Waals surface area contributed by atoms with Crippen molar-refractivity contribution in [1.82, 2.24) is 4.98 Å². The van der Waals surface area contributed by atoms with E-state index in [0.717, 1.165) is 6.07 Å². The van der Waals surface area contributed by atoms with E-state index in [1.54, 1.807) is 6.92 Å². The second-order valence-corrected chi connectivity index (χ2v) is 3.59. The van der Waals surface area contributed by atoms with Gasteiger partial charge in [-0.15, -0.1) is 0 Å². The van der Waals surface area contributed by atoms with Crippen molar-refractivity contribution in [2.45, 2.75) is 18.7 Å². The Morgan fingerprint density at radius 3 is 2.71 bits per heavy atom. The zero-order chi connectivity index (χ0) is 13.0. The summed E-state index contributed by atoms with van der Waals surface area (Å²) in [5, 5.41) is 0.0480. The highest BCUT2D eigenvalue weighted by atomic mass is 79.9. The van der Waals surface area contributed by atoms with Crippen LogP contribution in [0.3, 0.4) is 0 Å². The number of esters is 1. The van der Waals surface area contributed by atoms with E-state index in [1.807, 2.05) is 0 Å². The van der Waals surface area contributed by atoms with Gasteiger partial charge in [0.2, 0.25) is 5.95 Å². The van der Waals surface area contributed by atoms with Crippen LogP contribution in [0.15, 0.2) is 6.07 Å². The number of pyridine rings is 1. The summed E-state index contributed by atoms with van der Waals surface area (Å²) < 4.78 is 42.9. The molecule has 0 aliphatic carbocycles. The van der Waals surface area contributed by atoms with Crippen LogP contribution in [0.5, 0.6) is 0 Å². The van der Waals surface area contributed by atoms with Gasteiger partial charge in [0.1, 0.15) is 11.3 Å². The highest BCUT2D eigenvalue weighted by molar-refractivity contribution is 9.08. The molecule has 0 N–H and O–H groups in total. The van der Waals surface area contributed by atoms with Crippen LogP contribution in [0.1, 0.15) is 35.0 Å². The molecule has 1 aromatic rings. The molecule has 3 nitrogen and oxygen atoms in total. The van der Waals surface area contributed by atoms with Gasteiger partial charge >= 0.3 is 5.97 Å². The quantitative estimate of drug-likeness (QED) is 0.487. The van der Waals surface area contributed by atoms with E-state index in [4.69, 9.17) is 0 Å². The summed E-state index contributed by atoms with van der Waals surface area (Å²) >= 11 is 2.98. The first-order chi connectivity index (χ1) is 8.01. The van der Waals surface area contributed by atoms with Crippen LogP contribution >= 0.6 is 15.9 Å². The second-order valence-electron chi connectivity index (χ2n) is 3.03. The lowest BCUT2D eigenvalue weighted by atomic mass is 10.1. The third-order valence-electron chi connectivity index (χ3n) is 1.93. The number of nitrogens with zero attached hydrogens (tertiary/aromatic N) is 1. The van der Waals surface area contributed by atoms with E-state index < -0.39 is 29.6 Å². The van der Waals surface area contributed by atoms with Crippen LogP contribution < -0.4 is 0 Å². The molecule has 1 rings (SSSR count). The Morgan fingerprint density at radius 1 is 1.59 bits per heavy atom. The summed E-state index contributed by atoms with van der Waals surface area (Å²) in [5.74, 6) is -2.16. The van der Waals surface area contributed by atoms with Gasteiger partial charge in [0.05, 0.1) is 6.61 Å². The Hall–Kier alpha value is -1.11. The van der Waals surface area contributed by atoms with Gasteiger partial charge in [-0.1, -0.05) is 15.9 Å². The van der Waals surface area contributed by atoms with Gasteiger partial charge in [0, 0.05) is 5.33 Å². The first-order valence-corrected chi connectivity index (χ1v) is 5.83. The van der Waals surface area contributed by atoms with E-state index in [-0.39, 0.29) is 17.5 Å². The summed E-state index contributed by atoms with van der Waals surface area (Å²) in [4.78, 5) is 14.4. The predicted molar refractivity (Wildman–Crippen MR) is 57.7 cm³/mol. The molecule has 7 heteroatoms. The molecular formula is C10H9BrF3NO2. The molecular weight excluding hydrogens is 303 g/mol. The smallest absolute Gasteiger partial charge is 0.342 e. The fourth-order valence-corrected chi connectivity index (χ4v) is 1.64. The van der Waals surface area contributed by atoms with Crippen LogP contribution in [0.25, 0.3) is 0 Å². The van der Waals surface area contributed by atoms with Crippen LogP contribution in [-0.4, -0.2) is 17.6 Å². The number of rotatable bonds is 4. The van der Waals surface area contributed by atoms with Crippen LogP contribution in [-0.2, 0) is 10.1 Å². The maximum Gasteiger partial charge on any atom is 0.342 e. The molecule has 0 aromatic carbocycles. The fourth-order valence-electron chi connectivity index (χ4n) is 1.19. The normalized spacial score (nSPS) is 10.7. The number of halogens is 4. The molecule has 0 atom stereocenters. The van der Waals surface area contributed by atoms with Gasteiger partial charge in [-0.2, -0.15) is 4.39 Å². The molecule has 0 aliphatic rings. The SMILES string of the molecule is CCOC(=O)c1cc(CBr)c(C(F)F)nc1F. The highest BCUT2D eigenvalue weighted by Gasteiger charge is 2.22. The van der Waals surface area contributed by atoms with E-state index >= 15 is 0 Å². The largest absolute Gasteiger partial charge is 0.462 e. The van der Waals surface area contributed by atoms with Crippen molar-refractivity contribution in [3.05, 3.63) is 28.8 Å². The van der Waals surface area contributed by atoms with Gasteiger partial charge in [-0.05, 0) is 18.6 Å². The number of ether oxygens (including phenoxy) is 1. The lowest BCUT2D eigenvalue weighted by Crippen LogP contribution is -2.11. The molecule has 0 saturated heterocycles. The molecule has 0 bridgehead atoms. The summed E-state index contributed by atoms with van der Waals surface area (Å²) in [5.41, 5.74) is -1.05. The van der Waals surface area contributed by atoms with Crippen molar-refractivity contribution in [2.75, 3.05) is 6.61 Å². The van der Waals surface area contributed by atoms with E-state index in [9.17, 15) is 18.0 Å². The van der Waals surface area contributed by atoms with Crippen molar-refractivity contribution in [1.29, 1.82) is 0 Å². The van der Waals surface area contributed by atoms with Crippen LogP contribution in [0, 0.1) is 5.95 Å². The Bertz CT molecular complexity index is 426. The lowest BCUT2D eigenvalue weighted by molar-refractivity contribution is 0.0518. The Labute approximate surface area is 104 Å². The molecule has 0 fully saturated rings. The molecule has 1 heterocycles. The van der Waals surface area contributed by atoms with Crippen molar-refractivity contribution in [3.8, 4) is 0 Å². The standard InChI is InChI=1S/C10H9BrF3NO2/c1-2-17-10(16)6-3-5(4-11)7(8(12)13)15-9(6)14/h3,8H,2,4H2,1H3. The Balaban J connectivity index is 3.22. The number of alkyl halides is 3. The number of aromatic nitrogens is 1. The van der Waals surface area contributed by atoms with E-state index in [1.165, 1.54) is 0 Å². The molecule has 17 heavy (non-hydrogen) atoms. The van der Waals surface area contributed by atoms with Gasteiger partial charge in [-0.3, -0.25) is 0 Å². The van der Waals surface area contributed by atoms with Crippen molar-refractivity contribution < 1.29 is 22.7 Å². The minimum Gasteiger partial charge on any atom is -0.462 e. The summed E-state index contributed by atoms with van der Waals surface area (Å²) in [6, 6.07) is 1.02. The van der Waals surface area contributed by atoms with Crippen LogP contribution in [0.4, 0.5) is 13.2 Å². The average Bonchev–Trinajstić information content (AvgIpc) is 2.28. The fraction of sp³-hybridized carbons (Fsp3) is 0.400. The number of carbonyl (C=O) groups excluding carboxylic acids is 1. The molecule has 94 valence electrons. The molecule has 0 amide bonds. The monoisotopic (exact) mass is 311 g/mol. The van der Waals surface area contributed by atoms with Crippen LogP contribution in [0.2, 0.25) is 0 Å². The first-order valence-electron chi connectivity index (χ1n) is 4.71. The summed E-state index contributed by atoms with van der Waals surface area (Å²) in [6.07, 6.45) is -2.90. The number of hydrogen-bond donors (Lipinski definition) is 0. The van der Waals surface area contributed by atoms with Crippen molar-refractivity contribution >= 4 is 21.9 Å². The molecule has 1 aromatic heterocycles. The summed E-state index contributed by atoms with van der Waals surface area (Å²) in [6.45, 7) is 1.63. The Kier molecular flexibility index (Phi) is 4.92. The molecule has 0 aliphatic heterocycles. The maximum absolute atomic E-state index is 13.3. The first kappa shape index (κ1) is 14.0. The molecule has 0 unspecified atom stereocenters. The summed E-state index contributed by atoms with van der Waals surface area (Å²) in [7, 11) is 0. The zero-order valence-electron chi connectivity index (χ0n) is 8.84. The van der Waals surface area contributed by atoms with E-state index in [0.29, 0.717) is 0 Å². The van der Waals surface area contributed by atoms with Gasteiger partial charge < -0.3 is 4.74 Å².